The summed E-state index contributed by atoms with van der Waals surface area (Å²) < 4.78 is 13.1. The molecule has 2 heterocycles. The molecule has 4 rings (SSSR count). The minimum Gasteiger partial charge on any atom is -0.370 e. The van der Waals surface area contributed by atoms with Crippen LogP contribution in [0, 0.1) is 5.82 Å². The van der Waals surface area contributed by atoms with E-state index < -0.39 is 0 Å². The molecule has 1 amide bonds. The van der Waals surface area contributed by atoms with Gasteiger partial charge in [0, 0.05) is 44.0 Å². The van der Waals surface area contributed by atoms with Crippen LogP contribution in [0.15, 0.2) is 36.5 Å². The van der Waals surface area contributed by atoms with E-state index in [0.717, 1.165) is 43.9 Å². The van der Waals surface area contributed by atoms with Gasteiger partial charge in [-0.1, -0.05) is 0 Å². The molecule has 0 atom stereocenters. The molecule has 25 heavy (non-hydrogen) atoms. The fourth-order valence-electron chi connectivity index (χ4n) is 3.22. The number of carbonyl (C=O) groups excluding carboxylic acids is 1. The second-order valence-corrected chi connectivity index (χ2v) is 6.68. The molecule has 1 aliphatic carbocycles. The summed E-state index contributed by atoms with van der Waals surface area (Å²) in [6.07, 6.45) is 4.81. The van der Waals surface area contributed by atoms with Crippen LogP contribution in [0.1, 0.15) is 41.5 Å². The Kier molecular flexibility index (Phi) is 4.34. The monoisotopic (exact) mass is 340 g/mol. The van der Waals surface area contributed by atoms with Gasteiger partial charge in [-0.15, -0.1) is 0 Å². The van der Waals surface area contributed by atoms with Crippen LogP contribution in [-0.2, 0) is 0 Å². The Morgan fingerprint density at radius 2 is 1.84 bits per heavy atom. The van der Waals surface area contributed by atoms with E-state index in [1.165, 1.54) is 12.1 Å². The van der Waals surface area contributed by atoms with Gasteiger partial charge in [-0.2, -0.15) is 0 Å². The molecule has 2 aliphatic rings. The summed E-state index contributed by atoms with van der Waals surface area (Å²) >= 11 is 0. The summed E-state index contributed by atoms with van der Waals surface area (Å²) in [7, 11) is 0. The lowest BCUT2D eigenvalue weighted by atomic mass is 10.2. The van der Waals surface area contributed by atoms with Crippen molar-refractivity contribution in [3.63, 3.8) is 0 Å². The molecule has 1 saturated heterocycles. The van der Waals surface area contributed by atoms with Gasteiger partial charge in [-0.3, -0.25) is 4.79 Å². The zero-order chi connectivity index (χ0) is 17.2. The van der Waals surface area contributed by atoms with Crippen molar-refractivity contribution in [2.75, 3.05) is 31.1 Å². The molecule has 0 unspecified atom stereocenters. The maximum atomic E-state index is 13.1. The van der Waals surface area contributed by atoms with Gasteiger partial charge >= 0.3 is 0 Å². The number of hydrogen-bond donors (Lipinski definition) is 0. The molecular formula is C19H21FN4O. The molecule has 0 bridgehead atoms. The van der Waals surface area contributed by atoms with Crippen molar-refractivity contribution in [2.45, 2.75) is 25.2 Å². The normalized spacial score (nSPS) is 18.1. The fourth-order valence-corrected chi connectivity index (χ4v) is 3.22. The minimum atomic E-state index is -0.231. The van der Waals surface area contributed by atoms with Gasteiger partial charge < -0.3 is 9.80 Å². The van der Waals surface area contributed by atoms with Crippen LogP contribution < -0.4 is 4.90 Å². The summed E-state index contributed by atoms with van der Waals surface area (Å²) in [6.45, 7) is 2.93. The third-order valence-corrected chi connectivity index (χ3v) is 4.81. The maximum Gasteiger partial charge on any atom is 0.272 e. The van der Waals surface area contributed by atoms with Crippen LogP contribution >= 0.6 is 0 Å². The molecule has 2 fully saturated rings. The number of anilines is 1. The topological polar surface area (TPSA) is 49.3 Å². The highest BCUT2D eigenvalue weighted by Crippen LogP contribution is 2.37. The van der Waals surface area contributed by atoms with Gasteiger partial charge in [0.1, 0.15) is 17.3 Å². The smallest absolute Gasteiger partial charge is 0.272 e. The predicted octanol–water partition coefficient (Wildman–Crippen LogP) is 2.85. The molecule has 6 heteroatoms. The molecule has 2 aromatic rings. The number of benzene rings is 1. The van der Waals surface area contributed by atoms with Crippen molar-refractivity contribution in [2.24, 2.45) is 0 Å². The van der Waals surface area contributed by atoms with Crippen molar-refractivity contribution in [1.82, 2.24) is 14.9 Å². The second-order valence-electron chi connectivity index (χ2n) is 6.68. The van der Waals surface area contributed by atoms with Gasteiger partial charge in [0.15, 0.2) is 0 Å². The van der Waals surface area contributed by atoms with Gasteiger partial charge in [0.2, 0.25) is 0 Å². The molecule has 0 spiro atoms. The maximum absolute atomic E-state index is 13.1. The van der Waals surface area contributed by atoms with E-state index in [-0.39, 0.29) is 11.7 Å². The van der Waals surface area contributed by atoms with Crippen LogP contribution in [0.4, 0.5) is 10.1 Å². The largest absolute Gasteiger partial charge is 0.370 e. The van der Waals surface area contributed by atoms with Crippen molar-refractivity contribution >= 4 is 11.6 Å². The molecule has 1 aromatic heterocycles. The Morgan fingerprint density at radius 1 is 1.04 bits per heavy atom. The number of rotatable bonds is 3. The summed E-state index contributed by atoms with van der Waals surface area (Å²) in [5.41, 5.74) is 1.49. The van der Waals surface area contributed by atoms with Crippen LogP contribution in [0.25, 0.3) is 0 Å². The Labute approximate surface area is 146 Å². The van der Waals surface area contributed by atoms with Crippen molar-refractivity contribution < 1.29 is 9.18 Å². The third kappa shape index (κ3) is 3.62. The molecule has 0 N–H and O–H groups in total. The summed E-state index contributed by atoms with van der Waals surface area (Å²) in [6, 6.07) is 8.24. The minimum absolute atomic E-state index is 0.0229. The van der Waals surface area contributed by atoms with E-state index in [1.54, 1.807) is 24.4 Å². The summed E-state index contributed by atoms with van der Waals surface area (Å²) in [5.74, 6) is 0.982. The number of carbonyl (C=O) groups is 1. The van der Waals surface area contributed by atoms with Crippen LogP contribution in [-0.4, -0.2) is 47.0 Å². The van der Waals surface area contributed by atoms with Gasteiger partial charge in [-0.05, 0) is 49.6 Å². The van der Waals surface area contributed by atoms with Gasteiger partial charge in [0.25, 0.3) is 5.91 Å². The van der Waals surface area contributed by atoms with Crippen molar-refractivity contribution in [3.05, 3.63) is 53.9 Å². The molecule has 1 aromatic carbocycles. The zero-order valence-electron chi connectivity index (χ0n) is 14.1. The number of amides is 1. The average molecular weight is 340 g/mol. The van der Waals surface area contributed by atoms with Gasteiger partial charge in [0.05, 0.1) is 0 Å². The lowest BCUT2D eigenvalue weighted by molar-refractivity contribution is 0.0760. The van der Waals surface area contributed by atoms with Crippen molar-refractivity contribution in [1.29, 1.82) is 0 Å². The molecule has 1 aliphatic heterocycles. The zero-order valence-corrected chi connectivity index (χ0v) is 14.1. The van der Waals surface area contributed by atoms with E-state index in [2.05, 4.69) is 14.9 Å². The van der Waals surface area contributed by atoms with Crippen LogP contribution in [0.5, 0.6) is 0 Å². The number of hydrogen-bond acceptors (Lipinski definition) is 4. The fraction of sp³-hybridized carbons (Fsp3) is 0.421. The Bertz CT molecular complexity index is 760. The quantitative estimate of drug-likeness (QED) is 0.862. The average Bonchev–Trinajstić information content (AvgIpc) is 3.49. The highest BCUT2D eigenvalue weighted by Gasteiger charge is 2.28. The van der Waals surface area contributed by atoms with Crippen LogP contribution in [0.2, 0.25) is 0 Å². The number of aromatic nitrogens is 2. The lowest BCUT2D eigenvalue weighted by Crippen LogP contribution is -2.35. The first-order valence-electron chi connectivity index (χ1n) is 8.83. The van der Waals surface area contributed by atoms with Gasteiger partial charge in [-0.25, -0.2) is 14.4 Å². The SMILES string of the molecule is O=C(c1ccnc(C2CC2)n1)N1CCCN(c2ccc(F)cc2)CC1. The van der Waals surface area contributed by atoms with E-state index in [1.807, 2.05) is 4.90 Å². The van der Waals surface area contributed by atoms with E-state index in [4.69, 9.17) is 0 Å². The lowest BCUT2D eigenvalue weighted by Gasteiger charge is -2.23. The summed E-state index contributed by atoms with van der Waals surface area (Å²) in [4.78, 5) is 25.6. The van der Waals surface area contributed by atoms with Crippen LogP contribution in [0.3, 0.4) is 0 Å². The predicted molar refractivity (Wildman–Crippen MR) is 93.1 cm³/mol. The Hall–Kier alpha value is -2.50. The first-order valence-corrected chi connectivity index (χ1v) is 8.83. The second kappa shape index (κ2) is 6.78. The first-order chi connectivity index (χ1) is 12.2. The molecule has 0 radical (unpaired) electrons. The van der Waals surface area contributed by atoms with E-state index in [0.29, 0.717) is 24.7 Å². The molecule has 130 valence electrons. The van der Waals surface area contributed by atoms with Crippen molar-refractivity contribution in [3.8, 4) is 0 Å². The van der Waals surface area contributed by atoms with E-state index in [9.17, 15) is 9.18 Å². The third-order valence-electron chi connectivity index (χ3n) is 4.81. The number of halogens is 1. The highest BCUT2D eigenvalue weighted by atomic mass is 19.1. The highest BCUT2D eigenvalue weighted by molar-refractivity contribution is 5.92. The molecular weight excluding hydrogens is 319 g/mol. The first kappa shape index (κ1) is 16.0. The van der Waals surface area contributed by atoms with E-state index >= 15 is 0 Å². The molecule has 1 saturated carbocycles. The number of nitrogens with zero attached hydrogens (tertiary/aromatic N) is 4. The Balaban J connectivity index is 1.44. The molecule has 5 nitrogen and oxygen atoms in total. The summed E-state index contributed by atoms with van der Waals surface area (Å²) in [5, 5.41) is 0. The Morgan fingerprint density at radius 3 is 2.60 bits per heavy atom. The standard InChI is InChI=1S/C19H21FN4O/c20-15-4-6-16(7-5-15)23-10-1-11-24(13-12-23)19(25)17-8-9-21-18(22-17)14-2-3-14/h4-9,14H,1-3,10-13H2.